The molecular formula is C14H19Cl2NO2. The van der Waals surface area contributed by atoms with E-state index in [1.807, 2.05) is 13.8 Å². The lowest BCUT2D eigenvalue weighted by Gasteiger charge is -2.19. The Hall–Kier alpha value is -0.930. The molecule has 0 spiro atoms. The Bertz CT molecular complexity index is 449. The van der Waals surface area contributed by atoms with Crippen LogP contribution in [-0.2, 0) is 9.53 Å². The van der Waals surface area contributed by atoms with Crippen LogP contribution in [0.15, 0.2) is 12.1 Å². The highest BCUT2D eigenvalue weighted by molar-refractivity contribution is 6.35. The zero-order valence-corrected chi connectivity index (χ0v) is 12.9. The number of anilines is 1. The molecule has 0 heterocycles. The van der Waals surface area contributed by atoms with Gasteiger partial charge in [-0.3, -0.25) is 0 Å². The number of esters is 1. The summed E-state index contributed by atoms with van der Waals surface area (Å²) in [5.74, 6) is -0.267. The summed E-state index contributed by atoms with van der Waals surface area (Å²) in [6.07, 6.45) is 1.55. The van der Waals surface area contributed by atoms with Crippen molar-refractivity contribution in [3.05, 3.63) is 27.7 Å². The maximum Gasteiger partial charge on any atom is 0.328 e. The number of aryl methyl sites for hydroxylation is 1. The Kier molecular flexibility index (Phi) is 6.46. The van der Waals surface area contributed by atoms with Crippen LogP contribution in [0.3, 0.4) is 0 Å². The highest BCUT2D eigenvalue weighted by Crippen LogP contribution is 2.29. The van der Waals surface area contributed by atoms with Gasteiger partial charge in [0.2, 0.25) is 0 Å². The maximum absolute atomic E-state index is 11.8. The van der Waals surface area contributed by atoms with Crippen LogP contribution >= 0.6 is 23.2 Å². The third kappa shape index (κ3) is 4.59. The Morgan fingerprint density at radius 2 is 2.00 bits per heavy atom. The predicted octanol–water partition coefficient (Wildman–Crippen LogP) is 4.45. The van der Waals surface area contributed by atoms with Crippen LogP contribution in [-0.4, -0.2) is 18.6 Å². The Morgan fingerprint density at radius 3 is 2.58 bits per heavy atom. The lowest BCUT2D eigenvalue weighted by atomic mass is 10.1. The maximum atomic E-state index is 11.8. The molecule has 1 atom stereocenters. The van der Waals surface area contributed by atoms with E-state index in [0.29, 0.717) is 28.8 Å². The highest BCUT2D eigenvalue weighted by Gasteiger charge is 2.19. The Morgan fingerprint density at radius 1 is 1.32 bits per heavy atom. The minimum absolute atomic E-state index is 0.267. The quantitative estimate of drug-likeness (QED) is 0.789. The van der Waals surface area contributed by atoms with E-state index in [1.165, 1.54) is 0 Å². The summed E-state index contributed by atoms with van der Waals surface area (Å²) >= 11 is 12.2. The number of carbonyl (C=O) groups excluding carboxylic acids is 1. The van der Waals surface area contributed by atoms with Crippen LogP contribution in [0.5, 0.6) is 0 Å². The second-order valence-corrected chi connectivity index (χ2v) is 5.13. The van der Waals surface area contributed by atoms with Crippen molar-refractivity contribution in [2.75, 3.05) is 11.9 Å². The molecule has 0 aliphatic rings. The van der Waals surface area contributed by atoms with Crippen molar-refractivity contribution in [3.63, 3.8) is 0 Å². The topological polar surface area (TPSA) is 38.3 Å². The third-order valence-electron chi connectivity index (χ3n) is 2.73. The summed E-state index contributed by atoms with van der Waals surface area (Å²) in [5.41, 5.74) is 1.56. The van der Waals surface area contributed by atoms with Gasteiger partial charge in [0.15, 0.2) is 0 Å². The van der Waals surface area contributed by atoms with Crippen molar-refractivity contribution < 1.29 is 9.53 Å². The fourth-order valence-electron chi connectivity index (χ4n) is 1.73. The summed E-state index contributed by atoms with van der Waals surface area (Å²) in [5, 5.41) is 4.28. The minimum atomic E-state index is -0.402. The third-order valence-corrected chi connectivity index (χ3v) is 3.45. The van der Waals surface area contributed by atoms with Crippen molar-refractivity contribution in [1.82, 2.24) is 0 Å². The Balaban J connectivity index is 2.90. The molecule has 0 bridgehead atoms. The summed E-state index contributed by atoms with van der Waals surface area (Å²) in [6.45, 7) is 6.05. The van der Waals surface area contributed by atoms with E-state index < -0.39 is 6.04 Å². The molecule has 0 saturated heterocycles. The molecule has 0 amide bonds. The van der Waals surface area contributed by atoms with Gasteiger partial charge < -0.3 is 10.1 Å². The molecule has 1 aromatic carbocycles. The van der Waals surface area contributed by atoms with E-state index in [1.54, 1.807) is 19.1 Å². The molecule has 0 aliphatic carbocycles. The first-order chi connectivity index (χ1) is 8.99. The molecule has 0 aliphatic heterocycles. The second kappa shape index (κ2) is 7.61. The molecule has 5 heteroatoms. The average Bonchev–Trinajstić information content (AvgIpc) is 2.35. The number of ether oxygens (including phenoxy) is 1. The highest BCUT2D eigenvalue weighted by atomic mass is 35.5. The summed E-state index contributed by atoms with van der Waals surface area (Å²) in [6, 6.07) is 3.11. The van der Waals surface area contributed by atoms with Crippen molar-refractivity contribution in [1.29, 1.82) is 0 Å². The first kappa shape index (κ1) is 16.1. The molecule has 0 radical (unpaired) electrons. The summed E-state index contributed by atoms with van der Waals surface area (Å²) < 4.78 is 5.05. The minimum Gasteiger partial charge on any atom is -0.464 e. The van der Waals surface area contributed by atoms with Crippen LogP contribution in [0.4, 0.5) is 5.69 Å². The molecule has 1 rings (SSSR count). The molecule has 1 N–H and O–H groups in total. The molecule has 3 nitrogen and oxygen atoms in total. The van der Waals surface area contributed by atoms with Gasteiger partial charge in [0.25, 0.3) is 0 Å². The molecule has 19 heavy (non-hydrogen) atoms. The van der Waals surface area contributed by atoms with Gasteiger partial charge in [0, 0.05) is 5.02 Å². The lowest BCUT2D eigenvalue weighted by Crippen LogP contribution is -2.31. The van der Waals surface area contributed by atoms with Crippen LogP contribution in [0.25, 0.3) is 0 Å². The SMILES string of the molecule is CCCC(Nc1cc(Cl)c(C)cc1Cl)C(=O)OCC. The van der Waals surface area contributed by atoms with Gasteiger partial charge in [-0.15, -0.1) is 0 Å². The van der Waals surface area contributed by atoms with E-state index in [-0.39, 0.29) is 5.97 Å². The standard InChI is InChI=1S/C14H19Cl2NO2/c1-4-6-12(14(18)19-5-2)17-13-8-10(15)9(3)7-11(13)16/h7-8,12,17H,4-6H2,1-3H3. The largest absolute Gasteiger partial charge is 0.464 e. The summed E-state index contributed by atoms with van der Waals surface area (Å²) in [4.78, 5) is 11.8. The summed E-state index contributed by atoms with van der Waals surface area (Å²) in [7, 11) is 0. The number of hydrogen-bond acceptors (Lipinski definition) is 3. The molecule has 0 fully saturated rings. The zero-order chi connectivity index (χ0) is 14.4. The first-order valence-corrected chi connectivity index (χ1v) is 7.14. The van der Waals surface area contributed by atoms with Crippen molar-refractivity contribution in [2.45, 2.75) is 39.7 Å². The van der Waals surface area contributed by atoms with Crippen LogP contribution in [0, 0.1) is 6.92 Å². The monoisotopic (exact) mass is 303 g/mol. The fraction of sp³-hybridized carbons (Fsp3) is 0.500. The number of halogens is 2. The van der Waals surface area contributed by atoms with Gasteiger partial charge in [0.1, 0.15) is 6.04 Å². The first-order valence-electron chi connectivity index (χ1n) is 6.38. The van der Waals surface area contributed by atoms with Crippen LogP contribution in [0.2, 0.25) is 10.0 Å². The average molecular weight is 304 g/mol. The van der Waals surface area contributed by atoms with Crippen molar-refractivity contribution >= 4 is 34.9 Å². The van der Waals surface area contributed by atoms with Gasteiger partial charge in [-0.1, -0.05) is 36.5 Å². The fourth-order valence-corrected chi connectivity index (χ4v) is 2.16. The van der Waals surface area contributed by atoms with Crippen LogP contribution in [0.1, 0.15) is 32.3 Å². The van der Waals surface area contributed by atoms with Gasteiger partial charge in [-0.05, 0) is 38.0 Å². The molecule has 0 aromatic heterocycles. The van der Waals surface area contributed by atoms with Gasteiger partial charge in [-0.2, -0.15) is 0 Å². The normalized spacial score (nSPS) is 12.1. The number of rotatable bonds is 6. The second-order valence-electron chi connectivity index (χ2n) is 4.32. The molecular weight excluding hydrogens is 285 g/mol. The van der Waals surface area contributed by atoms with Gasteiger partial charge in [-0.25, -0.2) is 4.79 Å². The van der Waals surface area contributed by atoms with E-state index >= 15 is 0 Å². The van der Waals surface area contributed by atoms with Crippen LogP contribution < -0.4 is 5.32 Å². The number of benzene rings is 1. The van der Waals surface area contributed by atoms with Gasteiger partial charge in [0.05, 0.1) is 17.3 Å². The smallest absolute Gasteiger partial charge is 0.328 e. The molecule has 0 saturated carbocycles. The number of nitrogens with one attached hydrogen (secondary N) is 1. The van der Waals surface area contributed by atoms with Crippen molar-refractivity contribution in [3.8, 4) is 0 Å². The van der Waals surface area contributed by atoms with Crippen molar-refractivity contribution in [2.24, 2.45) is 0 Å². The predicted molar refractivity (Wildman–Crippen MR) is 80.2 cm³/mol. The van der Waals surface area contributed by atoms with E-state index in [2.05, 4.69) is 5.32 Å². The zero-order valence-electron chi connectivity index (χ0n) is 11.4. The lowest BCUT2D eigenvalue weighted by molar-refractivity contribution is -0.144. The van der Waals surface area contributed by atoms with E-state index in [0.717, 1.165) is 12.0 Å². The molecule has 1 unspecified atom stereocenters. The Labute approximate surface area is 124 Å². The number of carbonyl (C=O) groups is 1. The molecule has 1 aromatic rings. The van der Waals surface area contributed by atoms with E-state index in [9.17, 15) is 4.79 Å². The number of hydrogen-bond donors (Lipinski definition) is 1. The molecule has 106 valence electrons. The van der Waals surface area contributed by atoms with E-state index in [4.69, 9.17) is 27.9 Å². The van der Waals surface area contributed by atoms with Gasteiger partial charge >= 0.3 is 5.97 Å².